The Hall–Kier alpha value is -1.06. The molecular weight excluding hydrogens is 206 g/mol. The van der Waals surface area contributed by atoms with Crippen LogP contribution in [-0.4, -0.2) is 11.7 Å². The zero-order chi connectivity index (χ0) is 10.7. The van der Waals surface area contributed by atoms with Crippen LogP contribution in [0.1, 0.15) is 18.4 Å². The average molecular weight is 221 g/mol. The molecule has 3 N–H and O–H groups in total. The maximum Gasteiger partial charge on any atom is 0.127 e. The summed E-state index contributed by atoms with van der Waals surface area (Å²) in [4.78, 5) is 0. The number of hydrogen-bond donors (Lipinski definition) is 2. The van der Waals surface area contributed by atoms with Crippen LogP contribution in [0.15, 0.2) is 23.6 Å². The van der Waals surface area contributed by atoms with Crippen molar-refractivity contribution in [2.24, 2.45) is 5.73 Å². The summed E-state index contributed by atoms with van der Waals surface area (Å²) in [5.41, 5.74) is 6.48. The van der Waals surface area contributed by atoms with Gasteiger partial charge in [-0.25, -0.2) is 0 Å². The maximum atomic E-state index is 10.0. The molecule has 2 rings (SSSR count). The van der Waals surface area contributed by atoms with Gasteiger partial charge in [-0.2, -0.15) is 0 Å². The van der Waals surface area contributed by atoms with Gasteiger partial charge in [-0.1, -0.05) is 6.07 Å². The molecule has 0 bridgehead atoms. The van der Waals surface area contributed by atoms with Gasteiger partial charge in [0.25, 0.3) is 0 Å². The summed E-state index contributed by atoms with van der Waals surface area (Å²) in [5, 5.41) is 13.0. The first-order chi connectivity index (χ1) is 7.33. The lowest BCUT2D eigenvalue weighted by Gasteiger charge is -2.04. The van der Waals surface area contributed by atoms with Crippen LogP contribution < -0.4 is 5.73 Å². The normalized spacial score (nSPS) is 11.0. The molecule has 0 atom stereocenters. The molecule has 2 aromatic rings. The number of aromatic hydroxyl groups is 1. The molecule has 2 nitrogen and oxygen atoms in total. The second-order valence-electron chi connectivity index (χ2n) is 3.65. The van der Waals surface area contributed by atoms with Crippen LogP contribution in [0.5, 0.6) is 5.75 Å². The molecule has 0 fully saturated rings. The molecule has 80 valence electrons. The van der Waals surface area contributed by atoms with E-state index in [2.05, 4.69) is 6.07 Å². The summed E-state index contributed by atoms with van der Waals surface area (Å²) in [5.74, 6) is 0.450. The number of thiophene rings is 1. The highest BCUT2D eigenvalue weighted by atomic mass is 32.1. The Labute approximate surface area is 93.3 Å². The fraction of sp³-hybridized carbons (Fsp3) is 0.333. The average Bonchev–Trinajstić information content (AvgIpc) is 2.70. The molecule has 0 saturated carbocycles. The third-order valence-electron chi connectivity index (χ3n) is 2.59. The van der Waals surface area contributed by atoms with Crippen molar-refractivity contribution in [1.29, 1.82) is 0 Å². The van der Waals surface area contributed by atoms with E-state index in [9.17, 15) is 5.11 Å². The molecule has 15 heavy (non-hydrogen) atoms. The molecule has 0 radical (unpaired) electrons. The van der Waals surface area contributed by atoms with Crippen molar-refractivity contribution < 1.29 is 5.11 Å². The molecular formula is C12H15NOS. The standard InChI is InChI=1S/C12H15NOS/c13-7-2-1-3-9-4-5-11-10(12(9)14)6-8-15-11/h4-6,8,14H,1-3,7,13H2. The molecule has 0 unspecified atom stereocenters. The number of benzene rings is 1. The van der Waals surface area contributed by atoms with E-state index in [4.69, 9.17) is 5.73 Å². The zero-order valence-electron chi connectivity index (χ0n) is 8.57. The van der Waals surface area contributed by atoms with Crippen molar-refractivity contribution in [3.05, 3.63) is 29.1 Å². The highest BCUT2D eigenvalue weighted by Crippen LogP contribution is 2.32. The Kier molecular flexibility index (Phi) is 3.23. The Bertz CT molecular complexity index is 450. The van der Waals surface area contributed by atoms with E-state index in [1.165, 1.54) is 0 Å². The number of unbranched alkanes of at least 4 members (excludes halogenated alkanes) is 1. The number of rotatable bonds is 4. The van der Waals surface area contributed by atoms with E-state index in [0.29, 0.717) is 5.75 Å². The van der Waals surface area contributed by atoms with Crippen LogP contribution in [0.4, 0.5) is 0 Å². The van der Waals surface area contributed by atoms with E-state index in [0.717, 1.165) is 41.5 Å². The molecule has 1 aromatic heterocycles. The molecule has 1 aromatic carbocycles. The van der Waals surface area contributed by atoms with Gasteiger partial charge in [0.15, 0.2) is 0 Å². The predicted octanol–water partition coefficient (Wildman–Crippen LogP) is 2.89. The van der Waals surface area contributed by atoms with Crippen LogP contribution in [-0.2, 0) is 6.42 Å². The molecule has 0 spiro atoms. The monoisotopic (exact) mass is 221 g/mol. The van der Waals surface area contributed by atoms with Gasteiger partial charge in [0.05, 0.1) is 0 Å². The first-order valence-electron chi connectivity index (χ1n) is 5.21. The summed E-state index contributed by atoms with van der Waals surface area (Å²) in [7, 11) is 0. The van der Waals surface area contributed by atoms with E-state index < -0.39 is 0 Å². The molecule has 3 heteroatoms. The number of nitrogens with two attached hydrogens (primary N) is 1. The summed E-state index contributed by atoms with van der Waals surface area (Å²) in [6.45, 7) is 0.724. The lowest BCUT2D eigenvalue weighted by atomic mass is 10.1. The fourth-order valence-corrected chi connectivity index (χ4v) is 2.52. The smallest absolute Gasteiger partial charge is 0.127 e. The van der Waals surface area contributed by atoms with Crippen molar-refractivity contribution >= 4 is 21.4 Å². The Balaban J connectivity index is 2.23. The third kappa shape index (κ3) is 2.13. The minimum Gasteiger partial charge on any atom is -0.507 e. The molecule has 0 amide bonds. The van der Waals surface area contributed by atoms with Crippen molar-refractivity contribution in [2.45, 2.75) is 19.3 Å². The van der Waals surface area contributed by atoms with Crippen molar-refractivity contribution in [3.8, 4) is 5.75 Å². The maximum absolute atomic E-state index is 10.0. The molecule has 0 aliphatic heterocycles. The molecule has 1 heterocycles. The second-order valence-corrected chi connectivity index (χ2v) is 4.60. The number of aryl methyl sites for hydroxylation is 1. The largest absolute Gasteiger partial charge is 0.507 e. The SMILES string of the molecule is NCCCCc1ccc2sccc2c1O. The van der Waals surface area contributed by atoms with Crippen LogP contribution in [0.3, 0.4) is 0 Å². The molecule has 0 saturated heterocycles. The topological polar surface area (TPSA) is 46.2 Å². The van der Waals surface area contributed by atoms with Gasteiger partial charge in [-0.05, 0) is 48.9 Å². The quantitative estimate of drug-likeness (QED) is 0.780. The zero-order valence-corrected chi connectivity index (χ0v) is 9.39. The van der Waals surface area contributed by atoms with Crippen LogP contribution >= 0.6 is 11.3 Å². The highest BCUT2D eigenvalue weighted by molar-refractivity contribution is 7.17. The van der Waals surface area contributed by atoms with Gasteiger partial charge in [-0.3, -0.25) is 0 Å². The third-order valence-corrected chi connectivity index (χ3v) is 3.47. The van der Waals surface area contributed by atoms with E-state index in [-0.39, 0.29) is 0 Å². The first-order valence-corrected chi connectivity index (χ1v) is 6.09. The highest BCUT2D eigenvalue weighted by Gasteiger charge is 2.06. The fourth-order valence-electron chi connectivity index (χ4n) is 1.74. The summed E-state index contributed by atoms with van der Waals surface area (Å²) in [6, 6.07) is 6.07. The Morgan fingerprint density at radius 1 is 1.20 bits per heavy atom. The first kappa shape index (κ1) is 10.5. The van der Waals surface area contributed by atoms with Gasteiger partial charge in [-0.15, -0.1) is 11.3 Å². The van der Waals surface area contributed by atoms with Crippen molar-refractivity contribution in [2.75, 3.05) is 6.54 Å². The van der Waals surface area contributed by atoms with Gasteiger partial charge >= 0.3 is 0 Å². The lowest BCUT2D eigenvalue weighted by Crippen LogP contribution is -1.99. The Morgan fingerprint density at radius 2 is 2.07 bits per heavy atom. The molecule has 0 aliphatic rings. The van der Waals surface area contributed by atoms with Gasteiger partial charge in [0, 0.05) is 10.1 Å². The lowest BCUT2D eigenvalue weighted by molar-refractivity contribution is 0.473. The Morgan fingerprint density at radius 3 is 2.87 bits per heavy atom. The minimum atomic E-state index is 0.450. The summed E-state index contributed by atoms with van der Waals surface area (Å²) < 4.78 is 1.15. The summed E-state index contributed by atoms with van der Waals surface area (Å²) >= 11 is 1.66. The van der Waals surface area contributed by atoms with Gasteiger partial charge < -0.3 is 10.8 Å². The van der Waals surface area contributed by atoms with Crippen LogP contribution in [0, 0.1) is 0 Å². The minimum absolute atomic E-state index is 0.450. The predicted molar refractivity (Wildman–Crippen MR) is 65.5 cm³/mol. The van der Waals surface area contributed by atoms with E-state index in [1.54, 1.807) is 11.3 Å². The van der Waals surface area contributed by atoms with E-state index >= 15 is 0 Å². The van der Waals surface area contributed by atoms with Crippen LogP contribution in [0.25, 0.3) is 10.1 Å². The molecule has 0 aliphatic carbocycles. The van der Waals surface area contributed by atoms with Crippen molar-refractivity contribution in [1.82, 2.24) is 0 Å². The number of phenolic OH excluding ortho intramolecular Hbond substituents is 1. The summed E-state index contributed by atoms with van der Waals surface area (Å²) in [6.07, 6.45) is 2.97. The van der Waals surface area contributed by atoms with Crippen LogP contribution in [0.2, 0.25) is 0 Å². The van der Waals surface area contributed by atoms with Crippen molar-refractivity contribution in [3.63, 3.8) is 0 Å². The second kappa shape index (κ2) is 4.64. The van der Waals surface area contributed by atoms with Gasteiger partial charge in [0.2, 0.25) is 0 Å². The van der Waals surface area contributed by atoms with E-state index in [1.807, 2.05) is 17.5 Å². The van der Waals surface area contributed by atoms with Gasteiger partial charge in [0.1, 0.15) is 5.75 Å². The number of fused-ring (bicyclic) bond motifs is 1. The number of hydrogen-bond acceptors (Lipinski definition) is 3. The number of phenols is 1.